The van der Waals surface area contributed by atoms with Gasteiger partial charge >= 0.3 is 0 Å². The molecule has 0 aliphatic carbocycles. The largest absolute Gasteiger partial charge is 0.478 e. The van der Waals surface area contributed by atoms with Gasteiger partial charge in [-0.05, 0) is 61.7 Å². The van der Waals surface area contributed by atoms with E-state index < -0.39 is 5.92 Å². The van der Waals surface area contributed by atoms with Gasteiger partial charge in [0.1, 0.15) is 5.02 Å². The van der Waals surface area contributed by atoms with Crippen molar-refractivity contribution in [1.29, 1.82) is 0 Å². The molecular formula is C36H39ClN10O5. The molecule has 7 rings (SSSR count). The second kappa shape index (κ2) is 14.1. The van der Waals surface area contributed by atoms with E-state index in [9.17, 15) is 19.2 Å². The Kier molecular flexibility index (Phi) is 9.44. The van der Waals surface area contributed by atoms with E-state index in [1.807, 2.05) is 37.4 Å². The summed E-state index contributed by atoms with van der Waals surface area (Å²) in [4.78, 5) is 61.9. The van der Waals surface area contributed by atoms with Gasteiger partial charge in [-0.2, -0.15) is 10.1 Å². The fraction of sp³-hybridized carbons (Fsp3) is 0.361. The number of aromatic nitrogens is 5. The van der Waals surface area contributed by atoms with Gasteiger partial charge in [-0.1, -0.05) is 11.6 Å². The molecule has 1 unspecified atom stereocenters. The Morgan fingerprint density at radius 3 is 2.54 bits per heavy atom. The van der Waals surface area contributed by atoms with Crippen LogP contribution in [0, 0.1) is 0 Å². The number of likely N-dealkylation sites (N-methyl/N-ethyl adjacent to an activating group) is 1. The summed E-state index contributed by atoms with van der Waals surface area (Å²) < 4.78 is 8.85. The molecule has 0 saturated carbocycles. The highest BCUT2D eigenvalue weighted by molar-refractivity contribution is 6.33. The molecule has 0 bridgehead atoms. The van der Waals surface area contributed by atoms with Crippen molar-refractivity contribution in [3.05, 3.63) is 69.7 Å². The number of amides is 3. The SMILES string of the molecule is CN(C)C(=O)COc1cc2cc(Nc3nc(N4CCC(Nc5ccc6c(C7CCC(=O)NC7=O)nn(C)c6c5)CC4)ncc3Cl)ccc2n(C)c1=O. The average Bonchev–Trinajstić information content (AvgIpc) is 3.45. The van der Waals surface area contributed by atoms with Crippen molar-refractivity contribution in [2.75, 3.05) is 49.3 Å². The number of piperidine rings is 2. The van der Waals surface area contributed by atoms with Crippen LogP contribution in [0.1, 0.15) is 37.3 Å². The summed E-state index contributed by atoms with van der Waals surface area (Å²) >= 11 is 6.54. The molecule has 5 aromatic rings. The second-order valence-electron chi connectivity index (χ2n) is 13.4. The molecule has 0 radical (unpaired) electrons. The zero-order valence-corrected chi connectivity index (χ0v) is 30.0. The van der Waals surface area contributed by atoms with Crippen LogP contribution in [0.4, 0.5) is 23.1 Å². The molecule has 2 aromatic carbocycles. The number of rotatable bonds is 9. The number of anilines is 4. The molecule has 5 heterocycles. The molecule has 2 saturated heterocycles. The number of nitrogens with one attached hydrogen (secondary N) is 3. The maximum absolute atomic E-state index is 12.8. The van der Waals surface area contributed by atoms with Crippen molar-refractivity contribution < 1.29 is 19.1 Å². The maximum Gasteiger partial charge on any atom is 0.293 e. The first kappa shape index (κ1) is 34.7. The molecule has 3 N–H and O–H groups in total. The first-order valence-electron chi connectivity index (χ1n) is 17.0. The van der Waals surface area contributed by atoms with E-state index >= 15 is 0 Å². The molecule has 16 heteroatoms. The highest BCUT2D eigenvalue weighted by atomic mass is 35.5. The number of carbonyl (C=O) groups excluding carboxylic acids is 3. The third-order valence-corrected chi connectivity index (χ3v) is 9.91. The van der Waals surface area contributed by atoms with Gasteiger partial charge in [-0.15, -0.1) is 0 Å². The minimum Gasteiger partial charge on any atom is -0.478 e. The lowest BCUT2D eigenvalue weighted by atomic mass is 9.93. The first-order chi connectivity index (χ1) is 24.9. The minimum absolute atomic E-state index is 0.0824. The minimum atomic E-state index is -0.445. The molecule has 2 aliphatic heterocycles. The Morgan fingerprint density at radius 2 is 1.79 bits per heavy atom. The predicted octanol–water partition coefficient (Wildman–Crippen LogP) is 3.68. The molecule has 15 nitrogen and oxygen atoms in total. The van der Waals surface area contributed by atoms with Crippen molar-refractivity contribution in [2.24, 2.45) is 14.1 Å². The topological polar surface area (TPSA) is 169 Å². The van der Waals surface area contributed by atoms with Crippen LogP contribution in [0.2, 0.25) is 5.02 Å². The number of pyridine rings is 1. The maximum atomic E-state index is 12.8. The number of aryl methyl sites for hydroxylation is 2. The summed E-state index contributed by atoms with van der Waals surface area (Å²) in [5, 5.41) is 16.0. The van der Waals surface area contributed by atoms with Crippen molar-refractivity contribution in [2.45, 2.75) is 37.6 Å². The van der Waals surface area contributed by atoms with E-state index in [0.29, 0.717) is 46.5 Å². The number of halogens is 1. The summed E-state index contributed by atoms with van der Waals surface area (Å²) in [5.74, 6) is -0.139. The van der Waals surface area contributed by atoms with E-state index in [-0.39, 0.29) is 41.7 Å². The van der Waals surface area contributed by atoms with Gasteiger partial charge in [0.15, 0.2) is 18.2 Å². The number of benzene rings is 2. The van der Waals surface area contributed by atoms with Gasteiger partial charge in [0.25, 0.3) is 11.5 Å². The molecule has 1 atom stereocenters. The fourth-order valence-electron chi connectivity index (χ4n) is 6.68. The van der Waals surface area contributed by atoms with Gasteiger partial charge < -0.3 is 29.7 Å². The van der Waals surface area contributed by atoms with E-state index in [1.54, 1.807) is 38.1 Å². The summed E-state index contributed by atoms with van der Waals surface area (Å²) in [6.07, 6.45) is 4.05. The van der Waals surface area contributed by atoms with Crippen LogP contribution in [-0.2, 0) is 28.5 Å². The van der Waals surface area contributed by atoms with Crippen molar-refractivity contribution in [3.8, 4) is 5.75 Å². The lowest BCUT2D eigenvalue weighted by Crippen LogP contribution is -2.40. The Labute approximate surface area is 303 Å². The molecule has 270 valence electrons. The highest BCUT2D eigenvalue weighted by Crippen LogP contribution is 2.33. The van der Waals surface area contributed by atoms with Gasteiger partial charge in [-0.3, -0.25) is 29.2 Å². The normalized spacial score (nSPS) is 16.6. The molecule has 0 spiro atoms. The Balaban J connectivity index is 1.01. The Hall–Kier alpha value is -5.70. The summed E-state index contributed by atoms with van der Waals surface area (Å²) in [7, 11) is 6.77. The number of hydrogen-bond acceptors (Lipinski definition) is 11. The predicted molar refractivity (Wildman–Crippen MR) is 198 cm³/mol. The second-order valence-corrected chi connectivity index (χ2v) is 13.8. The summed E-state index contributed by atoms with van der Waals surface area (Å²) in [6.45, 7) is 1.22. The van der Waals surface area contributed by atoms with Crippen LogP contribution in [0.15, 0.2) is 53.5 Å². The zero-order chi connectivity index (χ0) is 36.7. The van der Waals surface area contributed by atoms with Crippen LogP contribution in [0.3, 0.4) is 0 Å². The number of ether oxygens (including phenoxy) is 1. The average molecular weight is 727 g/mol. The van der Waals surface area contributed by atoms with Crippen LogP contribution in [0.5, 0.6) is 5.75 Å². The van der Waals surface area contributed by atoms with Crippen LogP contribution in [0.25, 0.3) is 21.8 Å². The van der Waals surface area contributed by atoms with Gasteiger partial charge in [0.05, 0.1) is 28.8 Å². The molecule has 3 amide bonds. The van der Waals surface area contributed by atoms with E-state index in [0.717, 1.165) is 47.9 Å². The van der Waals surface area contributed by atoms with Gasteiger partial charge in [-0.25, -0.2) is 4.98 Å². The van der Waals surface area contributed by atoms with E-state index in [4.69, 9.17) is 21.3 Å². The lowest BCUT2D eigenvalue weighted by molar-refractivity contribution is -0.134. The van der Waals surface area contributed by atoms with Crippen LogP contribution < -0.4 is 31.1 Å². The van der Waals surface area contributed by atoms with Crippen molar-refractivity contribution in [1.82, 2.24) is 34.5 Å². The van der Waals surface area contributed by atoms with Crippen molar-refractivity contribution >= 4 is 74.3 Å². The molecule has 2 aliphatic rings. The van der Waals surface area contributed by atoms with E-state index in [1.165, 1.54) is 9.47 Å². The third-order valence-electron chi connectivity index (χ3n) is 9.63. The Bertz CT molecular complexity index is 2280. The zero-order valence-electron chi connectivity index (χ0n) is 29.3. The standard InChI is InChI=1S/C36H39ClN10O5/c1-44(2)31(49)19-52-29-16-20-15-22(6-9-27(20)45(3)35(29)51)40-33-26(37)18-38-36(42-33)47-13-11-21(12-14-47)39-23-5-7-24-28(17-23)46(4)43-32(24)25-8-10-30(48)41-34(25)50/h5-7,9,15-18,21,25,39H,8,10-14,19H2,1-4H3,(H,38,40,42)(H,41,48,50). The summed E-state index contributed by atoms with van der Waals surface area (Å²) in [5.41, 5.74) is 3.64. The molecule has 52 heavy (non-hydrogen) atoms. The first-order valence-corrected chi connectivity index (χ1v) is 17.4. The number of carbonyl (C=O) groups is 3. The molecule has 3 aromatic heterocycles. The number of fused-ring (bicyclic) bond motifs is 2. The highest BCUT2D eigenvalue weighted by Gasteiger charge is 2.32. The van der Waals surface area contributed by atoms with Gasteiger partial charge in [0, 0.05) is 75.9 Å². The Morgan fingerprint density at radius 1 is 1.02 bits per heavy atom. The number of hydrogen-bond donors (Lipinski definition) is 3. The fourth-order valence-corrected chi connectivity index (χ4v) is 6.82. The van der Waals surface area contributed by atoms with Crippen molar-refractivity contribution in [3.63, 3.8) is 0 Å². The third kappa shape index (κ3) is 6.95. The number of nitrogens with zero attached hydrogens (tertiary/aromatic N) is 7. The van der Waals surface area contributed by atoms with Crippen LogP contribution in [-0.4, -0.2) is 86.8 Å². The van der Waals surface area contributed by atoms with Gasteiger partial charge in [0.2, 0.25) is 17.8 Å². The van der Waals surface area contributed by atoms with E-state index in [2.05, 4.69) is 37.0 Å². The quantitative estimate of drug-likeness (QED) is 0.190. The molecular weight excluding hydrogens is 688 g/mol. The number of imide groups is 1. The van der Waals surface area contributed by atoms with Crippen LogP contribution >= 0.6 is 11.6 Å². The molecule has 2 fully saturated rings. The smallest absolute Gasteiger partial charge is 0.293 e. The monoisotopic (exact) mass is 726 g/mol. The summed E-state index contributed by atoms with van der Waals surface area (Å²) in [6, 6.07) is 13.4. The lowest BCUT2D eigenvalue weighted by Gasteiger charge is -2.33.